The van der Waals surface area contributed by atoms with Crippen LogP contribution in [0, 0.1) is 0 Å². The van der Waals surface area contributed by atoms with Gasteiger partial charge >= 0.3 is 5.97 Å². The fraction of sp³-hybridized carbons (Fsp3) is 0.500. The fourth-order valence-electron chi connectivity index (χ4n) is 2.49. The highest BCUT2D eigenvalue weighted by Gasteiger charge is 2.34. The third kappa shape index (κ3) is 4.49. The molecule has 0 spiro atoms. The number of carboxylic acids is 1. The lowest BCUT2D eigenvalue weighted by Crippen LogP contribution is -2.50. The lowest BCUT2D eigenvalue weighted by Gasteiger charge is -2.31. The Morgan fingerprint density at radius 1 is 1.32 bits per heavy atom. The number of amides is 2. The number of carboxylic acid groups (broad SMARTS) is 1. The van der Waals surface area contributed by atoms with Gasteiger partial charge in [-0.25, -0.2) is 4.79 Å². The molecule has 136 valence electrons. The number of aryl methyl sites for hydroxylation is 1. The molecule has 0 atom stereocenters. The molecule has 0 aromatic heterocycles. The summed E-state index contributed by atoms with van der Waals surface area (Å²) >= 11 is 0. The van der Waals surface area contributed by atoms with Gasteiger partial charge in [-0.3, -0.25) is 9.59 Å². The number of anilines is 1. The zero-order valence-electron chi connectivity index (χ0n) is 14.8. The quantitative estimate of drug-likeness (QED) is 0.735. The van der Waals surface area contributed by atoms with Gasteiger partial charge < -0.3 is 20.1 Å². The molecule has 25 heavy (non-hydrogen) atoms. The van der Waals surface area contributed by atoms with Gasteiger partial charge in [0.15, 0.2) is 0 Å². The van der Waals surface area contributed by atoms with Crippen LogP contribution in [-0.4, -0.2) is 47.0 Å². The largest absolute Gasteiger partial charge is 0.494 e. The standard InChI is InChI=1S/C18H24N2O5/c1-18(2,17(23)24)20(3)16(22)5-4-10-25-13-7-8-14-12(11-13)6-9-15(21)19-14/h7-8,11H,4-6,9-10H2,1-3H3,(H,19,21)(H,23,24). The van der Waals surface area contributed by atoms with Gasteiger partial charge in [0.2, 0.25) is 11.8 Å². The minimum atomic E-state index is -1.24. The highest BCUT2D eigenvalue weighted by molar-refractivity contribution is 5.94. The van der Waals surface area contributed by atoms with Crippen LogP contribution in [0.15, 0.2) is 18.2 Å². The second-order valence-corrected chi connectivity index (χ2v) is 6.64. The number of hydrogen-bond donors (Lipinski definition) is 2. The number of carbonyl (C=O) groups is 3. The molecule has 2 rings (SSSR count). The van der Waals surface area contributed by atoms with E-state index >= 15 is 0 Å². The highest BCUT2D eigenvalue weighted by Crippen LogP contribution is 2.26. The number of rotatable bonds is 7. The van der Waals surface area contributed by atoms with Gasteiger partial charge in [0.25, 0.3) is 0 Å². The van der Waals surface area contributed by atoms with Crippen LogP contribution in [0.3, 0.4) is 0 Å². The monoisotopic (exact) mass is 348 g/mol. The van der Waals surface area contributed by atoms with Gasteiger partial charge in [-0.1, -0.05) is 0 Å². The molecule has 7 nitrogen and oxygen atoms in total. The molecule has 1 aromatic rings. The van der Waals surface area contributed by atoms with Crippen LogP contribution in [0.4, 0.5) is 5.69 Å². The summed E-state index contributed by atoms with van der Waals surface area (Å²) in [4.78, 5) is 35.9. The van der Waals surface area contributed by atoms with Crippen molar-refractivity contribution < 1.29 is 24.2 Å². The van der Waals surface area contributed by atoms with E-state index in [0.29, 0.717) is 31.6 Å². The molecule has 0 saturated carbocycles. The summed E-state index contributed by atoms with van der Waals surface area (Å²) in [6, 6.07) is 5.50. The molecule has 0 unspecified atom stereocenters. The number of hydrogen-bond acceptors (Lipinski definition) is 4. The number of carbonyl (C=O) groups excluding carboxylic acids is 2. The SMILES string of the molecule is CN(C(=O)CCCOc1ccc2c(c1)CCC(=O)N2)C(C)(C)C(=O)O. The Morgan fingerprint density at radius 3 is 2.72 bits per heavy atom. The van der Waals surface area contributed by atoms with Crippen molar-refractivity contribution in [1.82, 2.24) is 4.90 Å². The van der Waals surface area contributed by atoms with Crippen molar-refractivity contribution in [2.75, 3.05) is 19.0 Å². The summed E-state index contributed by atoms with van der Waals surface area (Å²) in [5, 5.41) is 12.0. The zero-order valence-corrected chi connectivity index (χ0v) is 14.8. The summed E-state index contributed by atoms with van der Waals surface area (Å²) < 4.78 is 5.66. The van der Waals surface area contributed by atoms with Crippen molar-refractivity contribution in [3.8, 4) is 5.75 Å². The fourth-order valence-corrected chi connectivity index (χ4v) is 2.49. The van der Waals surface area contributed by atoms with E-state index in [-0.39, 0.29) is 18.2 Å². The summed E-state index contributed by atoms with van der Waals surface area (Å²) in [6.45, 7) is 3.35. The Labute approximate surface area is 147 Å². The van der Waals surface area contributed by atoms with Crippen LogP contribution in [0.25, 0.3) is 0 Å². The number of benzene rings is 1. The zero-order chi connectivity index (χ0) is 18.6. The summed E-state index contributed by atoms with van der Waals surface area (Å²) in [5.74, 6) is -0.556. The number of aliphatic carboxylic acids is 1. The van der Waals surface area contributed by atoms with Crippen LogP contribution in [0.5, 0.6) is 5.75 Å². The molecule has 0 fully saturated rings. The van der Waals surface area contributed by atoms with Crippen LogP contribution < -0.4 is 10.1 Å². The lowest BCUT2D eigenvalue weighted by molar-refractivity contribution is -0.155. The third-order valence-electron chi connectivity index (χ3n) is 4.51. The maximum absolute atomic E-state index is 12.1. The predicted octanol–water partition coefficient (Wildman–Crippen LogP) is 2.05. The highest BCUT2D eigenvalue weighted by atomic mass is 16.5. The Hall–Kier alpha value is -2.57. The van der Waals surface area contributed by atoms with E-state index < -0.39 is 11.5 Å². The van der Waals surface area contributed by atoms with Crippen molar-refractivity contribution >= 4 is 23.5 Å². The first kappa shape index (κ1) is 18.8. The molecule has 0 radical (unpaired) electrons. The molecular weight excluding hydrogens is 324 g/mol. The van der Waals surface area contributed by atoms with E-state index in [4.69, 9.17) is 9.84 Å². The van der Waals surface area contributed by atoms with E-state index in [0.717, 1.165) is 11.3 Å². The normalized spacial score (nSPS) is 13.6. The van der Waals surface area contributed by atoms with Crippen molar-refractivity contribution in [2.45, 2.75) is 45.1 Å². The molecule has 2 N–H and O–H groups in total. The molecule has 0 aliphatic carbocycles. The van der Waals surface area contributed by atoms with Gasteiger partial charge in [-0.05, 0) is 50.5 Å². The van der Waals surface area contributed by atoms with E-state index in [1.807, 2.05) is 12.1 Å². The molecule has 0 bridgehead atoms. The second kappa shape index (κ2) is 7.55. The first-order valence-electron chi connectivity index (χ1n) is 8.27. The minimum Gasteiger partial charge on any atom is -0.494 e. The molecule has 2 amide bonds. The average molecular weight is 348 g/mol. The number of nitrogens with zero attached hydrogens (tertiary/aromatic N) is 1. The molecule has 1 aliphatic heterocycles. The number of fused-ring (bicyclic) bond motifs is 1. The first-order valence-corrected chi connectivity index (χ1v) is 8.27. The van der Waals surface area contributed by atoms with Crippen molar-refractivity contribution in [1.29, 1.82) is 0 Å². The van der Waals surface area contributed by atoms with Crippen LogP contribution in [-0.2, 0) is 20.8 Å². The maximum Gasteiger partial charge on any atom is 0.329 e. The van der Waals surface area contributed by atoms with Crippen LogP contribution in [0.1, 0.15) is 38.7 Å². The van der Waals surface area contributed by atoms with E-state index in [1.54, 1.807) is 6.07 Å². The van der Waals surface area contributed by atoms with Crippen molar-refractivity contribution in [2.24, 2.45) is 0 Å². The number of likely N-dealkylation sites (N-methyl/N-ethyl adjacent to an activating group) is 1. The molecule has 1 aliphatic rings. The number of nitrogens with one attached hydrogen (secondary N) is 1. The van der Waals surface area contributed by atoms with Crippen LogP contribution >= 0.6 is 0 Å². The molecule has 0 saturated heterocycles. The Bertz CT molecular complexity index is 684. The van der Waals surface area contributed by atoms with Crippen LogP contribution in [0.2, 0.25) is 0 Å². The Balaban J connectivity index is 1.81. The van der Waals surface area contributed by atoms with Gasteiger partial charge in [0.05, 0.1) is 6.61 Å². The average Bonchev–Trinajstić information content (AvgIpc) is 2.57. The van der Waals surface area contributed by atoms with E-state index in [1.165, 1.54) is 25.8 Å². The van der Waals surface area contributed by atoms with Gasteiger partial charge in [-0.15, -0.1) is 0 Å². The molecule has 1 aromatic carbocycles. The third-order valence-corrected chi connectivity index (χ3v) is 4.51. The Kier molecular flexibility index (Phi) is 5.66. The minimum absolute atomic E-state index is 0.0214. The lowest BCUT2D eigenvalue weighted by atomic mass is 10.0. The summed E-state index contributed by atoms with van der Waals surface area (Å²) in [6.07, 6.45) is 1.86. The summed E-state index contributed by atoms with van der Waals surface area (Å²) in [5.41, 5.74) is 0.619. The topological polar surface area (TPSA) is 95.9 Å². The Morgan fingerprint density at radius 2 is 2.04 bits per heavy atom. The molecule has 7 heteroatoms. The predicted molar refractivity (Wildman–Crippen MR) is 92.6 cm³/mol. The maximum atomic E-state index is 12.1. The second-order valence-electron chi connectivity index (χ2n) is 6.64. The molecular formula is C18H24N2O5. The van der Waals surface area contributed by atoms with Gasteiger partial charge in [0.1, 0.15) is 11.3 Å². The first-order chi connectivity index (χ1) is 11.7. The van der Waals surface area contributed by atoms with Gasteiger partial charge in [0, 0.05) is 25.6 Å². The summed E-state index contributed by atoms with van der Waals surface area (Å²) in [7, 11) is 1.50. The smallest absolute Gasteiger partial charge is 0.329 e. The van der Waals surface area contributed by atoms with E-state index in [9.17, 15) is 14.4 Å². The van der Waals surface area contributed by atoms with Crippen molar-refractivity contribution in [3.05, 3.63) is 23.8 Å². The van der Waals surface area contributed by atoms with E-state index in [2.05, 4.69) is 5.32 Å². The van der Waals surface area contributed by atoms with Gasteiger partial charge in [-0.2, -0.15) is 0 Å². The number of ether oxygens (including phenoxy) is 1. The molecule has 1 heterocycles. The van der Waals surface area contributed by atoms with Crippen molar-refractivity contribution in [3.63, 3.8) is 0 Å².